The zero-order chi connectivity index (χ0) is 14.5. The van der Waals surface area contributed by atoms with E-state index in [9.17, 15) is 8.42 Å². The summed E-state index contributed by atoms with van der Waals surface area (Å²) in [5, 5.41) is 8.80. The van der Waals surface area contributed by atoms with Gasteiger partial charge in [0.25, 0.3) is 0 Å². The van der Waals surface area contributed by atoms with Gasteiger partial charge in [-0.25, -0.2) is 13.1 Å². The van der Waals surface area contributed by atoms with Gasteiger partial charge in [0.15, 0.2) is 0 Å². The van der Waals surface area contributed by atoms with Crippen LogP contribution in [0.5, 0.6) is 5.75 Å². The fourth-order valence-electron chi connectivity index (χ4n) is 1.51. The molecule has 0 aliphatic rings. The van der Waals surface area contributed by atoms with Crippen molar-refractivity contribution in [2.45, 2.75) is 18.2 Å². The molecule has 2 N–H and O–H groups in total. The van der Waals surface area contributed by atoms with Gasteiger partial charge in [0.1, 0.15) is 10.6 Å². The van der Waals surface area contributed by atoms with E-state index in [1.54, 1.807) is 12.1 Å². The third-order valence-electron chi connectivity index (χ3n) is 2.66. The molecule has 19 heavy (non-hydrogen) atoms. The predicted molar refractivity (Wildman–Crippen MR) is 76.7 cm³/mol. The molecule has 1 aromatic carbocycles. The van der Waals surface area contributed by atoms with Crippen molar-refractivity contribution in [1.29, 1.82) is 0 Å². The molecule has 0 saturated heterocycles. The number of benzene rings is 1. The van der Waals surface area contributed by atoms with Crippen molar-refractivity contribution in [2.75, 3.05) is 20.3 Å². The minimum atomic E-state index is -3.63. The van der Waals surface area contributed by atoms with Gasteiger partial charge in [0.05, 0.1) is 7.11 Å². The van der Waals surface area contributed by atoms with E-state index >= 15 is 0 Å². The van der Waals surface area contributed by atoms with Crippen molar-refractivity contribution >= 4 is 26.0 Å². The van der Waals surface area contributed by atoms with Gasteiger partial charge >= 0.3 is 0 Å². The van der Waals surface area contributed by atoms with Crippen LogP contribution in [0.3, 0.4) is 0 Å². The molecule has 108 valence electrons. The van der Waals surface area contributed by atoms with Crippen LogP contribution in [0, 0.1) is 5.92 Å². The maximum atomic E-state index is 12.2. The summed E-state index contributed by atoms with van der Waals surface area (Å²) < 4.78 is 32.6. The van der Waals surface area contributed by atoms with Crippen molar-refractivity contribution in [2.24, 2.45) is 5.92 Å². The molecule has 0 heterocycles. The van der Waals surface area contributed by atoms with Crippen LogP contribution in [0.4, 0.5) is 0 Å². The highest BCUT2D eigenvalue weighted by Gasteiger charge is 2.20. The molecule has 0 saturated carbocycles. The topological polar surface area (TPSA) is 75.6 Å². The van der Waals surface area contributed by atoms with Crippen molar-refractivity contribution in [3.63, 3.8) is 0 Å². The number of rotatable bonds is 7. The van der Waals surface area contributed by atoms with E-state index in [1.165, 1.54) is 13.2 Å². The highest BCUT2D eigenvalue weighted by Crippen LogP contribution is 2.27. The van der Waals surface area contributed by atoms with Gasteiger partial charge in [-0.2, -0.15) is 0 Å². The third kappa shape index (κ3) is 4.76. The number of nitrogens with one attached hydrogen (secondary N) is 1. The first-order valence-corrected chi connectivity index (χ1v) is 8.12. The molecule has 7 heteroatoms. The van der Waals surface area contributed by atoms with E-state index in [1.807, 2.05) is 6.92 Å². The SMILES string of the molecule is COc1ccc(Br)cc1S(=O)(=O)NCC(C)CCO. The van der Waals surface area contributed by atoms with E-state index in [2.05, 4.69) is 20.7 Å². The molecule has 0 radical (unpaired) electrons. The molecule has 0 spiro atoms. The van der Waals surface area contributed by atoms with Gasteiger partial charge in [-0.1, -0.05) is 22.9 Å². The lowest BCUT2D eigenvalue weighted by atomic mass is 10.1. The highest BCUT2D eigenvalue weighted by atomic mass is 79.9. The monoisotopic (exact) mass is 351 g/mol. The Bertz CT molecular complexity index is 518. The average molecular weight is 352 g/mol. The molecule has 0 amide bonds. The quantitative estimate of drug-likeness (QED) is 0.784. The Balaban J connectivity index is 2.91. The molecule has 5 nitrogen and oxygen atoms in total. The van der Waals surface area contributed by atoms with Crippen LogP contribution < -0.4 is 9.46 Å². The van der Waals surface area contributed by atoms with Gasteiger partial charge in [0, 0.05) is 17.6 Å². The Morgan fingerprint density at radius 2 is 2.16 bits per heavy atom. The Labute approximate surface area is 122 Å². The second kappa shape index (κ2) is 7.23. The molecule has 1 atom stereocenters. The Morgan fingerprint density at radius 3 is 2.74 bits per heavy atom. The highest BCUT2D eigenvalue weighted by molar-refractivity contribution is 9.10. The number of hydrogen-bond donors (Lipinski definition) is 2. The standard InChI is InChI=1S/C12H18BrNO4S/c1-9(5-6-15)8-14-19(16,17)12-7-10(13)3-4-11(12)18-2/h3-4,7,9,14-15H,5-6,8H2,1-2H3. The number of aliphatic hydroxyl groups excluding tert-OH is 1. The molecule has 0 aliphatic heterocycles. The summed E-state index contributed by atoms with van der Waals surface area (Å²) in [5.41, 5.74) is 0. The summed E-state index contributed by atoms with van der Waals surface area (Å²) in [6, 6.07) is 4.81. The predicted octanol–water partition coefficient (Wildman–Crippen LogP) is 1.75. The second-order valence-electron chi connectivity index (χ2n) is 4.26. The van der Waals surface area contributed by atoms with Crippen LogP contribution in [-0.2, 0) is 10.0 Å². The van der Waals surface area contributed by atoms with Crippen molar-refractivity contribution in [1.82, 2.24) is 4.72 Å². The maximum Gasteiger partial charge on any atom is 0.244 e. The summed E-state index contributed by atoms with van der Waals surface area (Å²) >= 11 is 3.24. The summed E-state index contributed by atoms with van der Waals surface area (Å²) in [5.74, 6) is 0.364. The minimum absolute atomic E-state index is 0.0447. The second-order valence-corrected chi connectivity index (χ2v) is 6.92. The van der Waals surface area contributed by atoms with E-state index < -0.39 is 10.0 Å². The van der Waals surface area contributed by atoms with Crippen molar-refractivity contribution in [3.05, 3.63) is 22.7 Å². The summed E-state index contributed by atoms with van der Waals surface area (Å²) in [6.07, 6.45) is 0.554. The van der Waals surface area contributed by atoms with Crippen molar-refractivity contribution in [3.8, 4) is 5.75 Å². The molecule has 1 aromatic rings. The van der Waals surface area contributed by atoms with E-state index in [0.29, 0.717) is 16.6 Å². The fraction of sp³-hybridized carbons (Fsp3) is 0.500. The van der Waals surface area contributed by atoms with Crippen LogP contribution in [0.2, 0.25) is 0 Å². The summed E-state index contributed by atoms with van der Waals surface area (Å²) in [7, 11) is -2.20. The summed E-state index contributed by atoms with van der Waals surface area (Å²) in [4.78, 5) is 0.0978. The smallest absolute Gasteiger partial charge is 0.244 e. The Morgan fingerprint density at radius 1 is 1.47 bits per heavy atom. The van der Waals surface area contributed by atoms with E-state index in [0.717, 1.165) is 0 Å². The first kappa shape index (κ1) is 16.4. The van der Waals surface area contributed by atoms with Crippen LogP contribution in [-0.4, -0.2) is 33.8 Å². The minimum Gasteiger partial charge on any atom is -0.495 e. The molecule has 0 bridgehead atoms. The number of halogens is 1. The number of hydrogen-bond acceptors (Lipinski definition) is 4. The summed E-state index contributed by atoms with van der Waals surface area (Å²) in [6.45, 7) is 2.19. The molecule has 1 rings (SSSR count). The lowest BCUT2D eigenvalue weighted by Crippen LogP contribution is -2.29. The Hall–Kier alpha value is -0.630. The normalized spacial score (nSPS) is 13.3. The molecule has 1 unspecified atom stereocenters. The first-order valence-electron chi connectivity index (χ1n) is 5.84. The number of ether oxygens (including phenoxy) is 1. The van der Waals surface area contributed by atoms with Gasteiger partial charge in [-0.3, -0.25) is 0 Å². The van der Waals surface area contributed by atoms with Crippen LogP contribution in [0.1, 0.15) is 13.3 Å². The van der Waals surface area contributed by atoms with E-state index in [4.69, 9.17) is 9.84 Å². The molecule has 0 aliphatic carbocycles. The number of sulfonamides is 1. The van der Waals surface area contributed by atoms with Gasteiger partial charge in [0.2, 0.25) is 10.0 Å². The average Bonchev–Trinajstić information content (AvgIpc) is 2.37. The first-order chi connectivity index (χ1) is 8.90. The lowest BCUT2D eigenvalue weighted by molar-refractivity contribution is 0.263. The largest absolute Gasteiger partial charge is 0.495 e. The van der Waals surface area contributed by atoms with Gasteiger partial charge in [-0.15, -0.1) is 0 Å². The fourth-order valence-corrected chi connectivity index (χ4v) is 3.38. The van der Waals surface area contributed by atoms with E-state index in [-0.39, 0.29) is 24.0 Å². The molecular weight excluding hydrogens is 334 g/mol. The molecule has 0 fully saturated rings. The number of methoxy groups -OCH3 is 1. The zero-order valence-corrected chi connectivity index (χ0v) is 13.3. The van der Waals surface area contributed by atoms with Gasteiger partial charge in [-0.05, 0) is 30.5 Å². The number of aliphatic hydroxyl groups is 1. The Kier molecular flexibility index (Phi) is 6.25. The van der Waals surface area contributed by atoms with Crippen LogP contribution in [0.15, 0.2) is 27.6 Å². The molecule has 0 aromatic heterocycles. The molecular formula is C12H18BrNO4S. The van der Waals surface area contributed by atoms with Gasteiger partial charge < -0.3 is 9.84 Å². The zero-order valence-electron chi connectivity index (χ0n) is 10.9. The third-order valence-corrected chi connectivity index (χ3v) is 4.60. The van der Waals surface area contributed by atoms with Crippen LogP contribution in [0.25, 0.3) is 0 Å². The maximum absolute atomic E-state index is 12.2. The lowest BCUT2D eigenvalue weighted by Gasteiger charge is -2.14. The van der Waals surface area contributed by atoms with Crippen LogP contribution >= 0.6 is 15.9 Å². The van der Waals surface area contributed by atoms with Crippen molar-refractivity contribution < 1.29 is 18.3 Å².